The fraction of sp³-hybridized carbons (Fsp3) is 0.417. The van der Waals surface area contributed by atoms with Crippen molar-refractivity contribution >= 4 is 11.8 Å². The molecule has 1 atom stereocenters. The van der Waals surface area contributed by atoms with Crippen LogP contribution in [0.5, 0.6) is 5.75 Å². The molecule has 1 N–H and O–H groups in total. The third kappa shape index (κ3) is 6.05. The zero-order valence-electron chi connectivity index (χ0n) is 17.6. The number of benzene rings is 2. The summed E-state index contributed by atoms with van der Waals surface area (Å²) in [6.07, 6.45) is 4.17. The molecule has 2 amide bonds. The summed E-state index contributed by atoms with van der Waals surface area (Å²) >= 11 is 0. The van der Waals surface area contributed by atoms with Gasteiger partial charge in [0, 0.05) is 12.6 Å². The first-order valence-electron chi connectivity index (χ1n) is 10.5. The molecule has 1 aliphatic carbocycles. The van der Waals surface area contributed by atoms with Crippen molar-refractivity contribution in [2.45, 2.75) is 58.2 Å². The Morgan fingerprint density at radius 2 is 1.73 bits per heavy atom. The molecule has 0 saturated heterocycles. The average Bonchev–Trinajstić information content (AvgIpc) is 3.25. The maximum atomic E-state index is 13.3. The molecule has 0 heterocycles. The van der Waals surface area contributed by atoms with E-state index in [1.54, 1.807) is 19.1 Å². The molecule has 1 fully saturated rings. The smallest absolute Gasteiger partial charge is 0.261 e. The standard InChI is InChI=1S/C24H29FN2O3/c1-17-7-13-22(14-8-17)30-16-23(28)27(15-19-9-11-20(25)12-10-19)18(2)24(29)26-21-5-3-4-6-21/h7-14,18,21H,3-6,15-16H2,1-2H3,(H,26,29)/t18-/m1/s1. The van der Waals surface area contributed by atoms with Crippen LogP contribution in [0.3, 0.4) is 0 Å². The van der Waals surface area contributed by atoms with Crippen LogP contribution in [0.15, 0.2) is 48.5 Å². The molecule has 3 rings (SSSR count). The predicted octanol–water partition coefficient (Wildman–Crippen LogP) is 3.99. The van der Waals surface area contributed by atoms with Gasteiger partial charge in [0.25, 0.3) is 5.91 Å². The van der Waals surface area contributed by atoms with Crippen LogP contribution in [0.25, 0.3) is 0 Å². The second-order valence-electron chi connectivity index (χ2n) is 7.92. The van der Waals surface area contributed by atoms with E-state index >= 15 is 0 Å². The van der Waals surface area contributed by atoms with Gasteiger partial charge in [-0.15, -0.1) is 0 Å². The molecular weight excluding hydrogens is 383 g/mol. The maximum Gasteiger partial charge on any atom is 0.261 e. The number of amides is 2. The van der Waals surface area contributed by atoms with Crippen molar-refractivity contribution in [3.05, 3.63) is 65.5 Å². The fourth-order valence-corrected chi connectivity index (χ4v) is 3.62. The molecule has 0 aliphatic heterocycles. The van der Waals surface area contributed by atoms with E-state index in [4.69, 9.17) is 4.74 Å². The molecule has 0 aromatic heterocycles. The minimum atomic E-state index is -0.662. The maximum absolute atomic E-state index is 13.3. The van der Waals surface area contributed by atoms with Crippen molar-refractivity contribution in [3.8, 4) is 5.75 Å². The van der Waals surface area contributed by atoms with E-state index < -0.39 is 6.04 Å². The lowest BCUT2D eigenvalue weighted by Gasteiger charge is -2.29. The lowest BCUT2D eigenvalue weighted by molar-refractivity contribution is -0.142. The Hall–Kier alpha value is -2.89. The number of carbonyl (C=O) groups is 2. The Balaban J connectivity index is 1.69. The second kappa shape index (κ2) is 10.2. The Labute approximate surface area is 177 Å². The van der Waals surface area contributed by atoms with E-state index in [-0.39, 0.29) is 36.8 Å². The molecule has 6 heteroatoms. The summed E-state index contributed by atoms with van der Waals surface area (Å²) in [6, 6.07) is 12.9. The van der Waals surface area contributed by atoms with Crippen molar-refractivity contribution in [1.29, 1.82) is 0 Å². The summed E-state index contributed by atoms with van der Waals surface area (Å²) in [5.41, 5.74) is 1.85. The van der Waals surface area contributed by atoms with Crippen LogP contribution in [-0.4, -0.2) is 35.4 Å². The highest BCUT2D eigenvalue weighted by Crippen LogP contribution is 2.19. The predicted molar refractivity (Wildman–Crippen MR) is 113 cm³/mol. The number of aryl methyl sites for hydroxylation is 1. The Morgan fingerprint density at radius 1 is 1.10 bits per heavy atom. The van der Waals surface area contributed by atoms with Crippen molar-refractivity contribution in [1.82, 2.24) is 10.2 Å². The number of rotatable bonds is 8. The third-order valence-electron chi connectivity index (χ3n) is 5.52. The van der Waals surface area contributed by atoms with Gasteiger partial charge in [-0.2, -0.15) is 0 Å². The third-order valence-corrected chi connectivity index (χ3v) is 5.52. The van der Waals surface area contributed by atoms with Gasteiger partial charge in [0.2, 0.25) is 5.91 Å². The quantitative estimate of drug-likeness (QED) is 0.713. The molecule has 5 nitrogen and oxygen atoms in total. The average molecular weight is 413 g/mol. The summed E-state index contributed by atoms with van der Waals surface area (Å²) in [5.74, 6) is -0.216. The van der Waals surface area contributed by atoms with Gasteiger partial charge in [-0.3, -0.25) is 9.59 Å². The van der Waals surface area contributed by atoms with Gasteiger partial charge >= 0.3 is 0 Å². The van der Waals surface area contributed by atoms with Gasteiger partial charge in [-0.25, -0.2) is 4.39 Å². The summed E-state index contributed by atoms with van der Waals surface area (Å²) < 4.78 is 18.9. The van der Waals surface area contributed by atoms with E-state index in [1.165, 1.54) is 17.0 Å². The second-order valence-corrected chi connectivity index (χ2v) is 7.92. The van der Waals surface area contributed by atoms with E-state index in [0.29, 0.717) is 5.75 Å². The van der Waals surface area contributed by atoms with Crippen molar-refractivity contribution in [2.24, 2.45) is 0 Å². The Bertz CT molecular complexity index is 846. The minimum absolute atomic E-state index is 0.173. The first-order chi connectivity index (χ1) is 14.4. The van der Waals surface area contributed by atoms with Crippen LogP contribution >= 0.6 is 0 Å². The van der Waals surface area contributed by atoms with Crippen molar-refractivity contribution in [2.75, 3.05) is 6.61 Å². The number of carbonyl (C=O) groups excluding carboxylic acids is 2. The molecule has 0 radical (unpaired) electrons. The molecule has 0 bridgehead atoms. The molecule has 0 unspecified atom stereocenters. The molecule has 160 valence electrons. The van der Waals surface area contributed by atoms with Gasteiger partial charge in [0.15, 0.2) is 6.61 Å². The summed E-state index contributed by atoms with van der Waals surface area (Å²) in [7, 11) is 0. The summed E-state index contributed by atoms with van der Waals surface area (Å²) in [4.78, 5) is 27.3. The number of hydrogen-bond acceptors (Lipinski definition) is 3. The van der Waals surface area contributed by atoms with Gasteiger partial charge in [-0.1, -0.05) is 42.7 Å². The van der Waals surface area contributed by atoms with Crippen LogP contribution in [0, 0.1) is 12.7 Å². The molecule has 2 aromatic carbocycles. The monoisotopic (exact) mass is 412 g/mol. The highest BCUT2D eigenvalue weighted by molar-refractivity contribution is 5.88. The molecule has 1 saturated carbocycles. The highest BCUT2D eigenvalue weighted by atomic mass is 19.1. The lowest BCUT2D eigenvalue weighted by atomic mass is 10.1. The number of nitrogens with one attached hydrogen (secondary N) is 1. The van der Waals surface area contributed by atoms with Crippen LogP contribution in [-0.2, 0) is 16.1 Å². The first kappa shape index (κ1) is 21.8. The normalized spacial score (nSPS) is 14.9. The van der Waals surface area contributed by atoms with Gasteiger partial charge < -0.3 is 15.0 Å². The number of halogens is 1. The van der Waals surface area contributed by atoms with Crippen LogP contribution in [0.1, 0.15) is 43.7 Å². The minimum Gasteiger partial charge on any atom is -0.484 e. The zero-order chi connectivity index (χ0) is 21.5. The van der Waals surface area contributed by atoms with Crippen molar-refractivity contribution < 1.29 is 18.7 Å². The summed E-state index contributed by atoms with van der Waals surface area (Å²) in [5, 5.41) is 3.06. The zero-order valence-corrected chi connectivity index (χ0v) is 17.6. The van der Waals surface area contributed by atoms with Crippen LogP contribution in [0.4, 0.5) is 4.39 Å². The number of ether oxygens (including phenoxy) is 1. The number of hydrogen-bond donors (Lipinski definition) is 1. The first-order valence-corrected chi connectivity index (χ1v) is 10.5. The Kier molecular flexibility index (Phi) is 7.44. The molecule has 1 aliphatic rings. The van der Waals surface area contributed by atoms with E-state index in [0.717, 1.165) is 36.8 Å². The van der Waals surface area contributed by atoms with E-state index in [2.05, 4.69) is 5.32 Å². The Morgan fingerprint density at radius 3 is 2.37 bits per heavy atom. The molecule has 2 aromatic rings. The summed E-state index contributed by atoms with van der Waals surface area (Å²) in [6.45, 7) is 3.72. The molecular formula is C24H29FN2O3. The molecule has 30 heavy (non-hydrogen) atoms. The highest BCUT2D eigenvalue weighted by Gasteiger charge is 2.28. The lowest BCUT2D eigenvalue weighted by Crippen LogP contribution is -2.50. The van der Waals surface area contributed by atoms with Crippen LogP contribution < -0.4 is 10.1 Å². The van der Waals surface area contributed by atoms with Gasteiger partial charge in [-0.05, 0) is 56.5 Å². The molecule has 0 spiro atoms. The van der Waals surface area contributed by atoms with E-state index in [1.807, 2.05) is 31.2 Å². The topological polar surface area (TPSA) is 58.6 Å². The van der Waals surface area contributed by atoms with E-state index in [9.17, 15) is 14.0 Å². The van der Waals surface area contributed by atoms with Gasteiger partial charge in [0.1, 0.15) is 17.6 Å². The number of nitrogens with zero attached hydrogens (tertiary/aromatic N) is 1. The SMILES string of the molecule is Cc1ccc(OCC(=O)N(Cc2ccc(F)cc2)[C@H](C)C(=O)NC2CCCC2)cc1. The van der Waals surface area contributed by atoms with Crippen LogP contribution in [0.2, 0.25) is 0 Å². The van der Waals surface area contributed by atoms with Gasteiger partial charge in [0.05, 0.1) is 0 Å². The largest absolute Gasteiger partial charge is 0.484 e. The fourth-order valence-electron chi connectivity index (χ4n) is 3.62. The van der Waals surface area contributed by atoms with Crippen molar-refractivity contribution in [3.63, 3.8) is 0 Å².